The highest BCUT2D eigenvalue weighted by Gasteiger charge is 2.25. The largest absolute Gasteiger partial charge is 0.0877 e. The molecule has 0 radical (unpaired) electrons. The van der Waals surface area contributed by atoms with Crippen LogP contribution >= 0.6 is 0 Å². The standard InChI is InChI=1S/C26H24.C23H24.C20H18.C4H10/c1-3-4-5-6-8-11-22-18-25(23-12-9-7-10-13-23)20-26(19-22)24-16-14-21(2)15-17-24;1-4-7-20-8-5-6-9-22(20)23-16-21(15-12-18(23)3)19-13-10-17(2)11-14-19;1-14-9-11-15(12-10-14)17-7-4-8-19-18-6-3-2-5-16(18)13-20(17)19;1-3-4-2/h3-20H,1-2H3;5-6,8-16H,4,7H2,1-3H3;4-12H,2-3,13H2,1H3;3-4H2,1-2H3/b4-3-,6-5-,11-8+;;;. The number of benzene rings is 8. The number of hydrogen-bond acceptors (Lipinski definition) is 0. The predicted octanol–water partition coefficient (Wildman–Crippen LogP) is 21.2. The van der Waals surface area contributed by atoms with E-state index in [0.29, 0.717) is 0 Å². The summed E-state index contributed by atoms with van der Waals surface area (Å²) >= 11 is 0. The van der Waals surface area contributed by atoms with Crippen LogP contribution in [0.3, 0.4) is 0 Å². The summed E-state index contributed by atoms with van der Waals surface area (Å²) in [5.41, 5.74) is 26.9. The first kappa shape index (κ1) is 53.3. The summed E-state index contributed by atoms with van der Waals surface area (Å²) in [6, 6.07) is 66.1. The Bertz CT molecular complexity index is 3160. The van der Waals surface area contributed by atoms with Gasteiger partial charge in [0, 0.05) is 0 Å². The lowest BCUT2D eigenvalue weighted by Gasteiger charge is -2.14. The maximum atomic E-state index is 2.42. The van der Waals surface area contributed by atoms with Crippen LogP contribution in [0.15, 0.2) is 230 Å². The third-order valence-electron chi connectivity index (χ3n) is 13.7. The Labute approximate surface area is 440 Å². The fraction of sp³-hybridized carbons (Fsp3) is 0.205. The highest BCUT2D eigenvalue weighted by molar-refractivity contribution is 5.91. The summed E-state index contributed by atoms with van der Waals surface area (Å²) in [5, 5.41) is 0. The molecule has 0 fully saturated rings. The van der Waals surface area contributed by atoms with Crippen LogP contribution in [0.1, 0.15) is 104 Å². The lowest BCUT2D eigenvalue weighted by Crippen LogP contribution is -1.92. The van der Waals surface area contributed by atoms with Crippen LogP contribution in [0.4, 0.5) is 0 Å². The molecular formula is C73H76. The topological polar surface area (TPSA) is 0 Å². The Morgan fingerprint density at radius 2 is 0.932 bits per heavy atom. The number of hydrogen-bond donors (Lipinski definition) is 0. The molecule has 73 heavy (non-hydrogen) atoms. The molecule has 368 valence electrons. The molecule has 0 unspecified atom stereocenters. The van der Waals surface area contributed by atoms with Gasteiger partial charge in [-0.3, -0.25) is 0 Å². The van der Waals surface area contributed by atoms with Crippen LogP contribution in [0.2, 0.25) is 0 Å². The van der Waals surface area contributed by atoms with Gasteiger partial charge >= 0.3 is 0 Å². The van der Waals surface area contributed by atoms with E-state index in [1.807, 2.05) is 25.2 Å². The molecular weight excluding hydrogens is 877 g/mol. The van der Waals surface area contributed by atoms with Gasteiger partial charge in [-0.25, -0.2) is 0 Å². The molecule has 0 heterocycles. The minimum Gasteiger partial charge on any atom is -0.0877 e. The van der Waals surface area contributed by atoms with Crippen molar-refractivity contribution in [2.24, 2.45) is 0 Å². The average molecular weight is 953 g/mol. The second kappa shape index (κ2) is 27.3. The molecule has 0 saturated heterocycles. The number of aryl methyl sites for hydroxylation is 5. The van der Waals surface area contributed by atoms with E-state index in [4.69, 9.17) is 0 Å². The van der Waals surface area contributed by atoms with Crippen LogP contribution < -0.4 is 0 Å². The van der Waals surface area contributed by atoms with Crippen LogP contribution in [0.25, 0.3) is 67.3 Å². The number of rotatable bonds is 11. The van der Waals surface area contributed by atoms with Gasteiger partial charge in [-0.1, -0.05) is 263 Å². The SMILES string of the molecule is CCCC.CCCc1ccccc1-c1cc(-c2ccc(C)cc2)ccc1C.C\C=C/C=C\C=C\c1cc(-c2ccccc2)cc(-c2ccc(C)cc2)c1.Cc1ccc(-c2cccc3c2CC2=CCCC=C23)cc1. The molecule has 0 amide bonds. The van der Waals surface area contributed by atoms with Gasteiger partial charge in [-0.2, -0.15) is 0 Å². The highest BCUT2D eigenvalue weighted by atomic mass is 14.3. The van der Waals surface area contributed by atoms with E-state index in [1.165, 1.54) is 143 Å². The maximum absolute atomic E-state index is 2.42. The van der Waals surface area contributed by atoms with Crippen molar-refractivity contribution in [2.75, 3.05) is 0 Å². The van der Waals surface area contributed by atoms with E-state index in [2.05, 4.69) is 261 Å². The quantitative estimate of drug-likeness (QED) is 0.113. The maximum Gasteiger partial charge on any atom is -0.00106 e. The lowest BCUT2D eigenvalue weighted by atomic mass is 9.91. The monoisotopic (exact) mass is 953 g/mol. The van der Waals surface area contributed by atoms with Gasteiger partial charge in [-0.05, 0) is 179 Å². The first-order valence-corrected chi connectivity index (χ1v) is 26.8. The van der Waals surface area contributed by atoms with Crippen molar-refractivity contribution in [1.82, 2.24) is 0 Å². The van der Waals surface area contributed by atoms with Crippen molar-refractivity contribution >= 4 is 11.6 Å². The van der Waals surface area contributed by atoms with Crippen molar-refractivity contribution in [2.45, 2.75) is 100 Å². The van der Waals surface area contributed by atoms with Crippen LogP contribution in [0, 0.1) is 27.7 Å². The molecule has 0 aromatic heterocycles. The van der Waals surface area contributed by atoms with Crippen LogP contribution in [0.5, 0.6) is 0 Å². The smallest absolute Gasteiger partial charge is 0.00106 e. The van der Waals surface area contributed by atoms with Gasteiger partial charge in [0.2, 0.25) is 0 Å². The van der Waals surface area contributed by atoms with E-state index in [0.717, 1.165) is 12.8 Å². The molecule has 2 aliphatic rings. The molecule has 0 atom stereocenters. The van der Waals surface area contributed by atoms with Crippen LogP contribution in [-0.2, 0) is 12.8 Å². The Morgan fingerprint density at radius 1 is 0.397 bits per heavy atom. The minimum absolute atomic E-state index is 1.10. The zero-order valence-electron chi connectivity index (χ0n) is 44.9. The zero-order chi connectivity index (χ0) is 51.4. The molecule has 0 bridgehead atoms. The number of allylic oxidation sites excluding steroid dienone is 9. The summed E-state index contributed by atoms with van der Waals surface area (Å²) in [6.07, 6.45) is 25.7. The van der Waals surface area contributed by atoms with E-state index in [9.17, 15) is 0 Å². The first-order valence-electron chi connectivity index (χ1n) is 26.8. The van der Waals surface area contributed by atoms with Gasteiger partial charge < -0.3 is 0 Å². The Kier molecular flexibility index (Phi) is 19.9. The zero-order valence-corrected chi connectivity index (χ0v) is 44.9. The Morgan fingerprint density at radius 3 is 1.56 bits per heavy atom. The van der Waals surface area contributed by atoms with Gasteiger partial charge in [0.05, 0.1) is 0 Å². The van der Waals surface area contributed by atoms with Crippen molar-refractivity contribution in [3.05, 3.63) is 275 Å². The molecule has 0 N–H and O–H groups in total. The third-order valence-corrected chi connectivity index (χ3v) is 13.7. The van der Waals surface area contributed by atoms with E-state index >= 15 is 0 Å². The molecule has 0 saturated carbocycles. The fourth-order valence-corrected chi connectivity index (χ4v) is 9.37. The highest BCUT2D eigenvalue weighted by Crippen LogP contribution is 2.43. The first-order chi connectivity index (χ1) is 35.7. The summed E-state index contributed by atoms with van der Waals surface area (Å²) < 4.78 is 0. The number of fused-ring (bicyclic) bond motifs is 3. The van der Waals surface area contributed by atoms with E-state index in [-0.39, 0.29) is 0 Å². The summed E-state index contributed by atoms with van der Waals surface area (Å²) in [4.78, 5) is 0. The van der Waals surface area contributed by atoms with Crippen molar-refractivity contribution in [3.8, 4) is 55.6 Å². The fourth-order valence-electron chi connectivity index (χ4n) is 9.37. The minimum atomic E-state index is 1.10. The molecule has 8 aromatic rings. The Hall–Kier alpha value is -7.54. The average Bonchev–Trinajstić information content (AvgIpc) is 3.82. The van der Waals surface area contributed by atoms with Gasteiger partial charge in [0.25, 0.3) is 0 Å². The van der Waals surface area contributed by atoms with Gasteiger partial charge in [-0.15, -0.1) is 0 Å². The molecule has 0 spiro atoms. The molecule has 8 aromatic carbocycles. The summed E-state index contributed by atoms with van der Waals surface area (Å²) in [6.45, 7) is 17.2. The molecule has 0 heteroatoms. The Balaban J connectivity index is 0.000000155. The van der Waals surface area contributed by atoms with Gasteiger partial charge in [0.15, 0.2) is 0 Å². The molecule has 0 nitrogen and oxygen atoms in total. The van der Waals surface area contributed by atoms with Crippen molar-refractivity contribution < 1.29 is 0 Å². The van der Waals surface area contributed by atoms with E-state index < -0.39 is 0 Å². The normalized spacial score (nSPS) is 12.4. The summed E-state index contributed by atoms with van der Waals surface area (Å²) in [7, 11) is 0. The molecule has 10 rings (SSSR count). The second-order valence-electron chi connectivity index (χ2n) is 19.4. The lowest BCUT2D eigenvalue weighted by molar-refractivity contribution is 0.886. The number of unbranched alkanes of at least 4 members (excludes halogenated alkanes) is 1. The molecule has 2 aliphatic carbocycles. The third kappa shape index (κ3) is 14.8. The summed E-state index contributed by atoms with van der Waals surface area (Å²) in [5.74, 6) is 0. The van der Waals surface area contributed by atoms with Crippen molar-refractivity contribution in [3.63, 3.8) is 0 Å². The van der Waals surface area contributed by atoms with Crippen LogP contribution in [-0.4, -0.2) is 0 Å². The molecule has 0 aliphatic heterocycles. The second-order valence-corrected chi connectivity index (χ2v) is 19.4. The van der Waals surface area contributed by atoms with E-state index in [1.54, 1.807) is 0 Å². The van der Waals surface area contributed by atoms with Gasteiger partial charge in [0.1, 0.15) is 0 Å². The predicted molar refractivity (Wildman–Crippen MR) is 322 cm³/mol. The van der Waals surface area contributed by atoms with Crippen molar-refractivity contribution in [1.29, 1.82) is 0 Å².